The monoisotopic (exact) mass is 269 g/mol. The van der Waals surface area contributed by atoms with Crippen LogP contribution in [0.5, 0.6) is 0 Å². The van der Waals surface area contributed by atoms with Crippen LogP contribution in [0.25, 0.3) is 11.0 Å². The zero-order chi connectivity index (χ0) is 13.7. The van der Waals surface area contributed by atoms with Crippen molar-refractivity contribution in [3.05, 3.63) is 59.7 Å². The van der Waals surface area contributed by atoms with Gasteiger partial charge in [-0.1, -0.05) is 0 Å². The second-order valence-electron chi connectivity index (χ2n) is 4.95. The van der Waals surface area contributed by atoms with Gasteiger partial charge in [0.1, 0.15) is 17.7 Å². The van der Waals surface area contributed by atoms with Crippen LogP contribution in [-0.4, -0.2) is 21.3 Å². The summed E-state index contributed by atoms with van der Waals surface area (Å²) in [5.74, 6) is -0.681. The molecular weight excluding hydrogens is 257 g/mol. The second kappa shape index (κ2) is 4.05. The lowest BCUT2D eigenvalue weighted by molar-refractivity contribution is 0.192. The van der Waals surface area contributed by atoms with Crippen molar-refractivity contribution in [3.8, 4) is 0 Å². The van der Waals surface area contributed by atoms with E-state index in [9.17, 15) is 9.50 Å². The Kier molecular flexibility index (Phi) is 2.31. The lowest BCUT2D eigenvalue weighted by Gasteiger charge is -2.14. The van der Waals surface area contributed by atoms with Crippen LogP contribution in [0.4, 0.5) is 10.1 Å². The predicted molar refractivity (Wildman–Crippen MR) is 74.0 cm³/mol. The summed E-state index contributed by atoms with van der Waals surface area (Å²) in [6.07, 6.45) is 1.02. The largest absolute Gasteiger partial charge is 0.373 e. The number of rotatable bonds is 1. The molecule has 0 bridgehead atoms. The molecule has 1 aromatic carbocycles. The molecular formula is C15H12FN3O. The highest BCUT2D eigenvalue weighted by Crippen LogP contribution is 2.39. The summed E-state index contributed by atoms with van der Waals surface area (Å²) >= 11 is 0. The molecule has 1 aliphatic heterocycles. The van der Waals surface area contributed by atoms with E-state index in [-0.39, 0.29) is 11.7 Å². The van der Waals surface area contributed by atoms with Crippen molar-refractivity contribution in [2.75, 3.05) is 5.32 Å². The fraction of sp³-hybridized carbons (Fsp3) is 0.133. The minimum Gasteiger partial charge on any atom is -0.373 e. The highest BCUT2D eigenvalue weighted by atomic mass is 19.1. The third-order valence-corrected chi connectivity index (χ3v) is 3.72. The first-order valence-electron chi connectivity index (χ1n) is 6.40. The zero-order valence-corrected chi connectivity index (χ0v) is 10.5. The molecule has 3 aromatic rings. The Balaban J connectivity index is 1.87. The number of hydrogen-bond donors (Lipinski definition) is 3. The van der Waals surface area contributed by atoms with Gasteiger partial charge >= 0.3 is 0 Å². The molecule has 0 saturated carbocycles. The summed E-state index contributed by atoms with van der Waals surface area (Å²) in [6.45, 7) is 0. The fourth-order valence-corrected chi connectivity index (χ4v) is 2.77. The molecule has 0 fully saturated rings. The molecule has 2 unspecified atom stereocenters. The maximum absolute atomic E-state index is 13.4. The Morgan fingerprint density at radius 1 is 1.15 bits per heavy atom. The van der Waals surface area contributed by atoms with Crippen molar-refractivity contribution in [2.45, 2.75) is 12.1 Å². The van der Waals surface area contributed by atoms with Crippen LogP contribution in [0.1, 0.15) is 17.2 Å². The van der Waals surface area contributed by atoms with Crippen LogP contribution >= 0.6 is 0 Å². The summed E-state index contributed by atoms with van der Waals surface area (Å²) in [7, 11) is 0. The number of pyridine rings is 1. The van der Waals surface area contributed by atoms with Gasteiger partial charge in [-0.15, -0.1) is 0 Å². The second-order valence-corrected chi connectivity index (χ2v) is 4.95. The number of aliphatic hydroxyl groups is 1. The quantitative estimate of drug-likeness (QED) is 0.636. The van der Waals surface area contributed by atoms with E-state index in [1.165, 1.54) is 12.1 Å². The van der Waals surface area contributed by atoms with E-state index in [0.29, 0.717) is 5.69 Å². The van der Waals surface area contributed by atoms with Crippen LogP contribution in [-0.2, 0) is 0 Å². The summed E-state index contributed by atoms with van der Waals surface area (Å²) in [4.78, 5) is 7.56. The number of nitrogens with one attached hydrogen (secondary N) is 2. The number of aromatic nitrogens is 2. The van der Waals surface area contributed by atoms with E-state index < -0.39 is 6.23 Å². The first-order valence-corrected chi connectivity index (χ1v) is 6.40. The molecule has 2 aromatic heterocycles. The van der Waals surface area contributed by atoms with Gasteiger partial charge < -0.3 is 15.4 Å². The number of aromatic amines is 1. The summed E-state index contributed by atoms with van der Waals surface area (Å²) < 4.78 is 13.4. The minimum atomic E-state index is -0.799. The van der Waals surface area contributed by atoms with Crippen LogP contribution in [0.3, 0.4) is 0 Å². The van der Waals surface area contributed by atoms with Gasteiger partial charge in [-0.05, 0) is 42.0 Å². The van der Waals surface area contributed by atoms with Crippen LogP contribution in [0, 0.1) is 5.82 Å². The molecule has 4 rings (SSSR count). The summed E-state index contributed by atoms with van der Waals surface area (Å²) in [5, 5.41) is 14.2. The van der Waals surface area contributed by atoms with Crippen molar-refractivity contribution in [1.29, 1.82) is 0 Å². The minimum absolute atomic E-state index is 0.314. The van der Waals surface area contributed by atoms with Crippen molar-refractivity contribution < 1.29 is 9.50 Å². The van der Waals surface area contributed by atoms with Crippen molar-refractivity contribution in [3.63, 3.8) is 0 Å². The summed E-state index contributed by atoms with van der Waals surface area (Å²) in [5.41, 5.74) is 2.96. The van der Waals surface area contributed by atoms with Gasteiger partial charge in [-0.3, -0.25) is 0 Å². The van der Waals surface area contributed by atoms with Gasteiger partial charge in [0.15, 0.2) is 0 Å². The Morgan fingerprint density at radius 2 is 2.05 bits per heavy atom. The normalized spacial score (nSPS) is 20.9. The van der Waals surface area contributed by atoms with Gasteiger partial charge in [0.05, 0.1) is 11.6 Å². The van der Waals surface area contributed by atoms with Crippen molar-refractivity contribution in [2.24, 2.45) is 0 Å². The van der Waals surface area contributed by atoms with Gasteiger partial charge in [0.2, 0.25) is 0 Å². The topological polar surface area (TPSA) is 60.9 Å². The number of aliphatic hydroxyl groups excluding tert-OH is 1. The fourth-order valence-electron chi connectivity index (χ4n) is 2.77. The molecule has 2 atom stereocenters. The number of fused-ring (bicyclic) bond motifs is 2. The number of anilines is 1. The molecule has 4 nitrogen and oxygen atoms in total. The standard InChI is InChI=1S/C15H12FN3O/c16-9-2-4-11-10(7-9)13(15(20)19-11)12-3-1-8-5-6-17-14(8)18-12/h1-7,13,15,19-20H,(H,17,18). The highest BCUT2D eigenvalue weighted by Gasteiger charge is 2.33. The lowest BCUT2D eigenvalue weighted by atomic mass is 9.95. The van der Waals surface area contributed by atoms with E-state index >= 15 is 0 Å². The molecule has 1 aliphatic rings. The van der Waals surface area contributed by atoms with E-state index in [2.05, 4.69) is 15.3 Å². The van der Waals surface area contributed by atoms with Crippen molar-refractivity contribution >= 4 is 16.7 Å². The van der Waals surface area contributed by atoms with Crippen molar-refractivity contribution in [1.82, 2.24) is 9.97 Å². The first kappa shape index (κ1) is 11.4. The smallest absolute Gasteiger partial charge is 0.137 e. The average molecular weight is 269 g/mol. The average Bonchev–Trinajstić information content (AvgIpc) is 3.00. The predicted octanol–water partition coefficient (Wildman–Crippen LogP) is 2.58. The Bertz CT molecular complexity index is 799. The van der Waals surface area contributed by atoms with E-state index in [1.807, 2.05) is 24.4 Å². The first-order chi connectivity index (χ1) is 9.72. The van der Waals surface area contributed by atoms with Gasteiger partial charge in [-0.2, -0.15) is 0 Å². The Hall–Kier alpha value is -2.40. The van der Waals surface area contributed by atoms with Gasteiger partial charge in [0, 0.05) is 17.3 Å². The molecule has 0 aliphatic carbocycles. The third-order valence-electron chi connectivity index (χ3n) is 3.72. The molecule has 20 heavy (non-hydrogen) atoms. The number of hydrogen-bond acceptors (Lipinski definition) is 3. The number of nitrogens with zero attached hydrogens (tertiary/aromatic N) is 1. The van der Waals surface area contributed by atoms with E-state index in [1.54, 1.807) is 6.07 Å². The Labute approximate surface area is 114 Å². The van der Waals surface area contributed by atoms with Crippen LogP contribution in [0.2, 0.25) is 0 Å². The van der Waals surface area contributed by atoms with Gasteiger partial charge in [0.25, 0.3) is 0 Å². The number of halogens is 1. The van der Waals surface area contributed by atoms with Gasteiger partial charge in [-0.25, -0.2) is 9.37 Å². The number of H-pyrrole nitrogens is 1. The summed E-state index contributed by atoms with van der Waals surface area (Å²) in [6, 6.07) is 10.2. The maximum atomic E-state index is 13.4. The SMILES string of the molecule is OC1Nc2ccc(F)cc2C1c1ccc2cc[nH]c2n1. The molecule has 0 saturated heterocycles. The van der Waals surface area contributed by atoms with E-state index in [4.69, 9.17) is 0 Å². The molecule has 100 valence electrons. The molecule has 3 heterocycles. The maximum Gasteiger partial charge on any atom is 0.137 e. The lowest BCUT2D eigenvalue weighted by Crippen LogP contribution is -2.21. The molecule has 0 radical (unpaired) electrons. The third kappa shape index (κ3) is 1.60. The van der Waals surface area contributed by atoms with Crippen LogP contribution in [0.15, 0.2) is 42.6 Å². The van der Waals surface area contributed by atoms with E-state index in [0.717, 1.165) is 22.3 Å². The molecule has 0 spiro atoms. The zero-order valence-electron chi connectivity index (χ0n) is 10.5. The highest BCUT2D eigenvalue weighted by molar-refractivity contribution is 5.75. The molecule has 0 amide bonds. The molecule has 5 heteroatoms. The van der Waals surface area contributed by atoms with Crippen LogP contribution < -0.4 is 5.32 Å². The Morgan fingerprint density at radius 3 is 2.95 bits per heavy atom. The number of benzene rings is 1. The molecule has 3 N–H and O–H groups in total.